The molecule has 0 N–H and O–H groups in total. The maximum absolute atomic E-state index is 13.6. The third-order valence-electron chi connectivity index (χ3n) is 5.15. The van der Waals surface area contributed by atoms with E-state index in [-0.39, 0.29) is 36.1 Å². The second kappa shape index (κ2) is 10.8. The van der Waals surface area contributed by atoms with E-state index in [0.717, 1.165) is 10.5 Å². The molecule has 9 heteroatoms. The number of sulfonamides is 1. The number of carbonyl (C=O) groups excluding carboxylic acids is 3. The normalized spacial score (nSPS) is 17.9. The van der Waals surface area contributed by atoms with Crippen molar-refractivity contribution in [3.8, 4) is 0 Å². The van der Waals surface area contributed by atoms with Crippen LogP contribution in [0.15, 0.2) is 29.2 Å². The Morgan fingerprint density at radius 2 is 1.76 bits per heavy atom. The number of Topliss-reactive ketones (excluding diaryl/α,β-unsaturated/α-hetero) is 1. The minimum atomic E-state index is -4.03. The Labute approximate surface area is 197 Å². The van der Waals surface area contributed by atoms with E-state index in [0.29, 0.717) is 19.3 Å². The van der Waals surface area contributed by atoms with Crippen molar-refractivity contribution >= 4 is 27.8 Å². The van der Waals surface area contributed by atoms with E-state index in [2.05, 4.69) is 0 Å². The van der Waals surface area contributed by atoms with Gasteiger partial charge in [-0.1, -0.05) is 26.0 Å². The van der Waals surface area contributed by atoms with Crippen LogP contribution in [0.3, 0.4) is 0 Å². The standard InChI is InChI=1S/C24H36N2O6S/c1-17(2)16-26(33(30,31)20-12-10-19(11-13-20)15-18(3)27)21-9-7-8-14-25(22(21)28)23(29)32-24(4,5)6/h10-13,17,21H,7-9,14-16H2,1-6H3/t21-/m0/s1. The lowest BCUT2D eigenvalue weighted by Gasteiger charge is -2.33. The first kappa shape index (κ1) is 27.0. The summed E-state index contributed by atoms with van der Waals surface area (Å²) in [5, 5.41) is 0. The minimum absolute atomic E-state index is 0.0154. The second-order valence-electron chi connectivity index (χ2n) is 9.97. The van der Waals surface area contributed by atoms with Gasteiger partial charge in [-0.15, -0.1) is 0 Å². The molecule has 2 amide bonds. The monoisotopic (exact) mass is 480 g/mol. The molecule has 1 saturated heterocycles. The number of rotatable bonds is 7. The zero-order valence-corrected chi connectivity index (χ0v) is 21.3. The Hall–Kier alpha value is -2.26. The highest BCUT2D eigenvalue weighted by atomic mass is 32.2. The molecule has 0 unspecified atom stereocenters. The number of nitrogens with zero attached hydrogens (tertiary/aromatic N) is 2. The van der Waals surface area contributed by atoms with E-state index in [1.54, 1.807) is 32.9 Å². The molecule has 0 bridgehead atoms. The Kier molecular flexibility index (Phi) is 8.81. The summed E-state index contributed by atoms with van der Waals surface area (Å²) in [6, 6.07) is 5.17. The fourth-order valence-corrected chi connectivity index (χ4v) is 5.52. The molecule has 1 heterocycles. The van der Waals surface area contributed by atoms with E-state index in [9.17, 15) is 22.8 Å². The van der Waals surface area contributed by atoms with Crippen LogP contribution in [-0.4, -0.2) is 60.1 Å². The molecule has 1 atom stereocenters. The highest BCUT2D eigenvalue weighted by molar-refractivity contribution is 7.89. The second-order valence-corrected chi connectivity index (χ2v) is 11.9. The van der Waals surface area contributed by atoms with Gasteiger partial charge >= 0.3 is 6.09 Å². The van der Waals surface area contributed by atoms with Crippen LogP contribution >= 0.6 is 0 Å². The van der Waals surface area contributed by atoms with Crippen molar-refractivity contribution in [3.05, 3.63) is 29.8 Å². The zero-order valence-electron chi connectivity index (χ0n) is 20.5. The highest BCUT2D eigenvalue weighted by Crippen LogP contribution is 2.27. The number of hydrogen-bond acceptors (Lipinski definition) is 6. The predicted octanol–water partition coefficient (Wildman–Crippen LogP) is 3.78. The van der Waals surface area contributed by atoms with E-state index in [4.69, 9.17) is 4.74 Å². The lowest BCUT2D eigenvalue weighted by molar-refractivity contribution is -0.134. The summed E-state index contributed by atoms with van der Waals surface area (Å²) in [6.07, 6.45) is 0.984. The molecular weight excluding hydrogens is 444 g/mol. The lowest BCUT2D eigenvalue weighted by atomic mass is 10.1. The van der Waals surface area contributed by atoms with Gasteiger partial charge in [-0.3, -0.25) is 9.59 Å². The summed E-state index contributed by atoms with van der Waals surface area (Å²) < 4.78 is 33.9. The van der Waals surface area contributed by atoms with E-state index < -0.39 is 33.7 Å². The summed E-state index contributed by atoms with van der Waals surface area (Å²) in [6.45, 7) is 10.7. The molecule has 184 valence electrons. The van der Waals surface area contributed by atoms with Gasteiger partial charge in [0.05, 0.1) is 4.90 Å². The van der Waals surface area contributed by atoms with E-state index in [1.807, 2.05) is 13.8 Å². The largest absolute Gasteiger partial charge is 0.443 e. The summed E-state index contributed by atoms with van der Waals surface area (Å²) >= 11 is 0. The van der Waals surface area contributed by atoms with E-state index in [1.165, 1.54) is 23.4 Å². The first-order chi connectivity index (χ1) is 15.2. The molecule has 1 aromatic carbocycles. The topological polar surface area (TPSA) is 101 Å². The van der Waals surface area contributed by atoms with Gasteiger partial charge in [-0.2, -0.15) is 4.31 Å². The van der Waals surface area contributed by atoms with Gasteiger partial charge in [0.25, 0.3) is 0 Å². The smallest absolute Gasteiger partial charge is 0.417 e. The van der Waals surface area contributed by atoms with Crippen molar-refractivity contribution in [2.75, 3.05) is 13.1 Å². The van der Waals surface area contributed by atoms with Gasteiger partial charge in [0.1, 0.15) is 17.4 Å². The minimum Gasteiger partial charge on any atom is -0.443 e. The van der Waals surface area contributed by atoms with Gasteiger partial charge in [0, 0.05) is 19.5 Å². The van der Waals surface area contributed by atoms with Crippen molar-refractivity contribution in [2.45, 2.75) is 83.8 Å². The van der Waals surface area contributed by atoms with Crippen molar-refractivity contribution in [1.82, 2.24) is 9.21 Å². The highest BCUT2D eigenvalue weighted by Gasteiger charge is 2.41. The van der Waals surface area contributed by atoms with Crippen LogP contribution in [-0.2, 0) is 30.8 Å². The SMILES string of the molecule is CC(=O)Cc1ccc(S(=O)(=O)N(CC(C)C)[C@H]2CCCCN(C(=O)OC(C)(C)C)C2=O)cc1. The van der Waals surface area contributed by atoms with Crippen LogP contribution in [0.4, 0.5) is 4.79 Å². The molecule has 1 aliphatic rings. The number of likely N-dealkylation sites (tertiary alicyclic amines) is 1. The summed E-state index contributed by atoms with van der Waals surface area (Å²) in [5.41, 5.74) is -0.0525. The van der Waals surface area contributed by atoms with Gasteiger partial charge in [0.2, 0.25) is 15.9 Å². The molecule has 0 spiro atoms. The summed E-state index contributed by atoms with van der Waals surface area (Å²) in [4.78, 5) is 38.6. The van der Waals surface area contributed by atoms with Gasteiger partial charge in [-0.05, 0) is 70.6 Å². The summed E-state index contributed by atoms with van der Waals surface area (Å²) in [7, 11) is -4.03. The van der Waals surface area contributed by atoms with E-state index >= 15 is 0 Å². The quantitative estimate of drug-likeness (QED) is 0.589. The Balaban J connectivity index is 2.41. The van der Waals surface area contributed by atoms with Crippen LogP contribution < -0.4 is 0 Å². The fourth-order valence-electron chi connectivity index (χ4n) is 3.74. The number of hydrogen-bond donors (Lipinski definition) is 0. The molecular formula is C24H36N2O6S. The maximum atomic E-state index is 13.6. The third-order valence-corrected chi connectivity index (χ3v) is 7.04. The van der Waals surface area contributed by atoms with Gasteiger partial charge in [-0.25, -0.2) is 18.1 Å². The van der Waals surface area contributed by atoms with Crippen LogP contribution in [0.25, 0.3) is 0 Å². The molecule has 1 aromatic rings. The molecule has 2 rings (SSSR count). The number of imide groups is 1. The number of carbonyl (C=O) groups is 3. The average Bonchev–Trinajstić information content (AvgIpc) is 2.86. The lowest BCUT2D eigenvalue weighted by Crippen LogP contribution is -2.53. The van der Waals surface area contributed by atoms with Crippen LogP contribution in [0.5, 0.6) is 0 Å². The number of ether oxygens (including phenoxy) is 1. The molecule has 1 aliphatic heterocycles. The summed E-state index contributed by atoms with van der Waals surface area (Å²) in [5.74, 6) is -0.611. The molecule has 1 fully saturated rings. The van der Waals surface area contributed by atoms with Crippen LogP contribution in [0, 0.1) is 5.92 Å². The van der Waals surface area contributed by atoms with Crippen molar-refractivity contribution in [1.29, 1.82) is 0 Å². The third kappa shape index (κ3) is 7.37. The predicted molar refractivity (Wildman–Crippen MR) is 125 cm³/mol. The molecule has 0 aliphatic carbocycles. The molecule has 33 heavy (non-hydrogen) atoms. The zero-order chi connectivity index (χ0) is 25.0. The average molecular weight is 481 g/mol. The first-order valence-electron chi connectivity index (χ1n) is 11.4. The van der Waals surface area contributed by atoms with Crippen molar-refractivity contribution in [3.63, 3.8) is 0 Å². The molecule has 0 saturated carbocycles. The van der Waals surface area contributed by atoms with Crippen molar-refractivity contribution in [2.24, 2.45) is 5.92 Å². The van der Waals surface area contributed by atoms with Crippen molar-refractivity contribution < 1.29 is 27.5 Å². The Morgan fingerprint density at radius 3 is 2.27 bits per heavy atom. The maximum Gasteiger partial charge on any atom is 0.417 e. The van der Waals surface area contributed by atoms with Crippen LogP contribution in [0.2, 0.25) is 0 Å². The Morgan fingerprint density at radius 1 is 1.15 bits per heavy atom. The molecule has 8 nitrogen and oxygen atoms in total. The molecule has 0 aromatic heterocycles. The van der Waals surface area contributed by atoms with Crippen LogP contribution in [0.1, 0.15) is 66.4 Å². The number of amides is 2. The first-order valence-corrected chi connectivity index (χ1v) is 12.8. The van der Waals surface area contributed by atoms with Gasteiger partial charge in [0.15, 0.2) is 0 Å². The Bertz CT molecular complexity index is 964. The number of ketones is 1. The molecule has 0 radical (unpaired) electrons. The number of benzene rings is 1. The van der Waals surface area contributed by atoms with Gasteiger partial charge < -0.3 is 4.74 Å². The fraction of sp³-hybridized carbons (Fsp3) is 0.625.